The highest BCUT2D eigenvalue weighted by molar-refractivity contribution is 6.04. The predicted molar refractivity (Wildman–Crippen MR) is 82.3 cm³/mol. The number of rotatable bonds is 3. The van der Waals surface area contributed by atoms with Crippen LogP contribution in [0, 0.1) is 5.82 Å². The van der Waals surface area contributed by atoms with Gasteiger partial charge in [0, 0.05) is 24.0 Å². The lowest BCUT2D eigenvalue weighted by atomic mass is 9.99. The first kappa shape index (κ1) is 14.3. The second kappa shape index (κ2) is 5.97. The lowest BCUT2D eigenvalue weighted by Gasteiger charge is -2.13. The number of carbonyl (C=O) groups excluding carboxylic acids is 1. The van der Waals surface area contributed by atoms with E-state index in [-0.39, 0.29) is 11.7 Å². The van der Waals surface area contributed by atoms with Gasteiger partial charge in [0.1, 0.15) is 11.6 Å². The van der Waals surface area contributed by atoms with Crippen molar-refractivity contribution in [1.29, 1.82) is 0 Å². The number of ether oxygens (including phenoxy) is 1. The molecule has 22 heavy (non-hydrogen) atoms. The summed E-state index contributed by atoms with van der Waals surface area (Å²) in [5, 5.41) is 3.98. The van der Waals surface area contributed by atoms with Gasteiger partial charge in [0.25, 0.3) is 0 Å². The van der Waals surface area contributed by atoms with E-state index in [2.05, 4.69) is 10.5 Å². The molecule has 1 aliphatic heterocycles. The van der Waals surface area contributed by atoms with Crippen LogP contribution in [0.5, 0.6) is 5.75 Å². The zero-order chi connectivity index (χ0) is 15.5. The van der Waals surface area contributed by atoms with Crippen molar-refractivity contribution in [1.82, 2.24) is 5.43 Å². The number of hydrogen-bond donors (Lipinski definition) is 1. The third kappa shape index (κ3) is 2.83. The molecule has 0 unspecified atom stereocenters. The molecule has 0 bridgehead atoms. The molecule has 3 rings (SSSR count). The third-order valence-electron chi connectivity index (χ3n) is 3.61. The van der Waals surface area contributed by atoms with Gasteiger partial charge in [-0.2, -0.15) is 5.10 Å². The van der Waals surface area contributed by atoms with Crippen LogP contribution < -0.4 is 10.2 Å². The first-order valence-corrected chi connectivity index (χ1v) is 6.97. The Labute approximate surface area is 127 Å². The summed E-state index contributed by atoms with van der Waals surface area (Å²) in [5.74, 6) is 0.300. The van der Waals surface area contributed by atoms with Crippen LogP contribution in [-0.2, 0) is 4.79 Å². The topological polar surface area (TPSA) is 50.7 Å². The Morgan fingerprint density at radius 2 is 1.82 bits per heavy atom. The van der Waals surface area contributed by atoms with E-state index in [0.717, 1.165) is 11.3 Å². The fraction of sp³-hybridized carbons (Fsp3) is 0.176. The van der Waals surface area contributed by atoms with E-state index >= 15 is 0 Å². The van der Waals surface area contributed by atoms with Gasteiger partial charge in [-0.15, -0.1) is 0 Å². The van der Waals surface area contributed by atoms with Crippen LogP contribution in [0.15, 0.2) is 47.6 Å². The number of methoxy groups -OCH3 is 1. The zero-order valence-electron chi connectivity index (χ0n) is 12.1. The van der Waals surface area contributed by atoms with E-state index in [1.807, 2.05) is 18.2 Å². The molecular formula is C17H15FN2O2. The fourth-order valence-corrected chi connectivity index (χ4v) is 2.38. The van der Waals surface area contributed by atoms with Gasteiger partial charge in [-0.25, -0.2) is 9.82 Å². The first-order valence-electron chi connectivity index (χ1n) is 6.97. The maximum Gasteiger partial charge on any atom is 0.240 e. The van der Waals surface area contributed by atoms with Crippen molar-refractivity contribution in [3.05, 3.63) is 53.8 Å². The van der Waals surface area contributed by atoms with Crippen LogP contribution in [-0.4, -0.2) is 18.7 Å². The highest BCUT2D eigenvalue weighted by Gasteiger charge is 2.15. The molecule has 4 nitrogen and oxygen atoms in total. The molecule has 112 valence electrons. The second-order valence-electron chi connectivity index (χ2n) is 5.02. The molecule has 5 heteroatoms. The smallest absolute Gasteiger partial charge is 0.240 e. The number of amides is 1. The fourth-order valence-electron chi connectivity index (χ4n) is 2.38. The second-order valence-corrected chi connectivity index (χ2v) is 5.02. The van der Waals surface area contributed by atoms with Crippen LogP contribution in [0.2, 0.25) is 0 Å². The van der Waals surface area contributed by atoms with Crippen LogP contribution in [0.4, 0.5) is 4.39 Å². The lowest BCUT2D eigenvalue weighted by Crippen LogP contribution is -2.25. The molecule has 1 aliphatic rings. The monoisotopic (exact) mass is 298 g/mol. The third-order valence-corrected chi connectivity index (χ3v) is 3.61. The van der Waals surface area contributed by atoms with E-state index in [4.69, 9.17) is 4.74 Å². The Morgan fingerprint density at radius 1 is 1.09 bits per heavy atom. The van der Waals surface area contributed by atoms with Gasteiger partial charge in [-0.3, -0.25) is 4.79 Å². The number of nitrogens with one attached hydrogen (secondary N) is 1. The maximum absolute atomic E-state index is 14.4. The predicted octanol–water partition coefficient (Wildman–Crippen LogP) is 3.12. The molecule has 0 fully saturated rings. The molecule has 0 aliphatic carbocycles. The van der Waals surface area contributed by atoms with Crippen molar-refractivity contribution >= 4 is 11.6 Å². The van der Waals surface area contributed by atoms with Crippen molar-refractivity contribution < 1.29 is 13.9 Å². The molecule has 0 atom stereocenters. The van der Waals surface area contributed by atoms with Crippen molar-refractivity contribution in [2.45, 2.75) is 12.8 Å². The van der Waals surface area contributed by atoms with Crippen molar-refractivity contribution in [2.75, 3.05) is 7.11 Å². The SMILES string of the molecule is COc1ccc(-c2ccc(C3=NNC(=O)CC3)cc2F)cc1. The van der Waals surface area contributed by atoms with E-state index in [1.165, 1.54) is 6.07 Å². The summed E-state index contributed by atoms with van der Waals surface area (Å²) in [4.78, 5) is 11.1. The van der Waals surface area contributed by atoms with Crippen LogP contribution in [0.25, 0.3) is 11.1 Å². The standard InChI is InChI=1S/C17H15FN2O2/c1-22-13-5-2-11(3-6-13)14-7-4-12(10-15(14)18)16-8-9-17(21)20-19-16/h2-7,10H,8-9H2,1H3,(H,20,21). The Balaban J connectivity index is 1.90. The molecule has 2 aromatic carbocycles. The molecule has 1 amide bonds. The summed E-state index contributed by atoms with van der Waals surface area (Å²) in [6.45, 7) is 0. The van der Waals surface area contributed by atoms with Gasteiger partial charge in [-0.1, -0.05) is 24.3 Å². The Bertz CT molecular complexity index is 739. The Hall–Kier alpha value is -2.69. The van der Waals surface area contributed by atoms with Crippen LogP contribution in [0.3, 0.4) is 0 Å². The van der Waals surface area contributed by atoms with Gasteiger partial charge in [-0.05, 0) is 23.8 Å². The van der Waals surface area contributed by atoms with Gasteiger partial charge in [0.15, 0.2) is 0 Å². The normalized spacial score (nSPS) is 14.3. The number of benzene rings is 2. The summed E-state index contributed by atoms with van der Waals surface area (Å²) < 4.78 is 19.5. The summed E-state index contributed by atoms with van der Waals surface area (Å²) in [6.07, 6.45) is 0.897. The van der Waals surface area contributed by atoms with Crippen molar-refractivity contribution in [3.63, 3.8) is 0 Å². The molecule has 0 aromatic heterocycles. The largest absolute Gasteiger partial charge is 0.497 e. The van der Waals surface area contributed by atoms with E-state index in [1.54, 1.807) is 25.3 Å². The van der Waals surface area contributed by atoms with Gasteiger partial charge < -0.3 is 4.74 Å². The average Bonchev–Trinajstić information content (AvgIpc) is 2.56. The lowest BCUT2D eigenvalue weighted by molar-refractivity contribution is -0.121. The number of carbonyl (C=O) groups is 1. The number of hydrogen-bond acceptors (Lipinski definition) is 3. The average molecular weight is 298 g/mol. The van der Waals surface area contributed by atoms with Gasteiger partial charge in [0.05, 0.1) is 12.8 Å². The zero-order valence-corrected chi connectivity index (χ0v) is 12.1. The van der Waals surface area contributed by atoms with Crippen molar-refractivity contribution in [3.8, 4) is 16.9 Å². The summed E-state index contributed by atoms with van der Waals surface area (Å²) in [7, 11) is 1.59. The molecule has 0 saturated heterocycles. The molecule has 2 aromatic rings. The molecule has 1 heterocycles. The van der Waals surface area contributed by atoms with Gasteiger partial charge in [0.2, 0.25) is 5.91 Å². The maximum atomic E-state index is 14.4. The number of halogens is 1. The molecule has 1 N–H and O–H groups in total. The number of nitrogens with zero attached hydrogens (tertiary/aromatic N) is 1. The molecule has 0 spiro atoms. The first-order chi connectivity index (χ1) is 10.7. The van der Waals surface area contributed by atoms with Crippen LogP contribution >= 0.6 is 0 Å². The van der Waals surface area contributed by atoms with Crippen LogP contribution in [0.1, 0.15) is 18.4 Å². The highest BCUT2D eigenvalue weighted by Crippen LogP contribution is 2.26. The molecule has 0 saturated carbocycles. The van der Waals surface area contributed by atoms with E-state index in [0.29, 0.717) is 29.7 Å². The quantitative estimate of drug-likeness (QED) is 0.946. The van der Waals surface area contributed by atoms with E-state index in [9.17, 15) is 9.18 Å². The van der Waals surface area contributed by atoms with Crippen molar-refractivity contribution in [2.24, 2.45) is 5.10 Å². The minimum Gasteiger partial charge on any atom is -0.497 e. The Morgan fingerprint density at radius 3 is 2.41 bits per heavy atom. The molecule has 0 radical (unpaired) electrons. The summed E-state index contributed by atoms with van der Waals surface area (Å²) in [5.41, 5.74) is 5.11. The Kier molecular flexibility index (Phi) is 3.87. The number of hydrazone groups is 1. The minimum atomic E-state index is -0.317. The summed E-state index contributed by atoms with van der Waals surface area (Å²) in [6, 6.07) is 12.2. The van der Waals surface area contributed by atoms with E-state index < -0.39 is 0 Å². The molecular weight excluding hydrogens is 283 g/mol. The summed E-state index contributed by atoms with van der Waals surface area (Å²) >= 11 is 0. The highest BCUT2D eigenvalue weighted by atomic mass is 19.1. The van der Waals surface area contributed by atoms with Gasteiger partial charge >= 0.3 is 0 Å². The minimum absolute atomic E-state index is 0.112.